The van der Waals surface area contributed by atoms with Crippen molar-refractivity contribution in [2.75, 3.05) is 0 Å². The van der Waals surface area contributed by atoms with Gasteiger partial charge in [0.15, 0.2) is 0 Å². The van der Waals surface area contributed by atoms with Crippen molar-refractivity contribution >= 4 is 11.6 Å². The molecule has 0 heterocycles. The van der Waals surface area contributed by atoms with E-state index in [9.17, 15) is 13.2 Å². The fraction of sp³-hybridized carbons (Fsp3) is 0.600. The van der Waals surface area contributed by atoms with Crippen molar-refractivity contribution in [2.24, 2.45) is 5.92 Å². The van der Waals surface area contributed by atoms with Crippen LogP contribution in [0.5, 0.6) is 0 Å². The standard InChI is InChI=1S/C15H20ClF3/c1-9(2)12-7-11(8-13(16)14(12)17)6-4-5-10(3)15(18)19/h7-10,15H,4-6H2,1-3H3/t10-/m1/s1. The van der Waals surface area contributed by atoms with Crippen molar-refractivity contribution < 1.29 is 13.2 Å². The van der Waals surface area contributed by atoms with Crippen molar-refractivity contribution in [3.63, 3.8) is 0 Å². The number of aryl methyl sites for hydroxylation is 1. The summed E-state index contributed by atoms with van der Waals surface area (Å²) >= 11 is 5.86. The number of halogens is 4. The van der Waals surface area contributed by atoms with E-state index >= 15 is 0 Å². The van der Waals surface area contributed by atoms with Crippen molar-refractivity contribution in [1.29, 1.82) is 0 Å². The van der Waals surface area contributed by atoms with Crippen molar-refractivity contribution in [1.82, 2.24) is 0 Å². The largest absolute Gasteiger partial charge is 0.241 e. The second-order valence-corrected chi connectivity index (χ2v) is 5.75. The summed E-state index contributed by atoms with van der Waals surface area (Å²) in [5.41, 5.74) is 1.50. The van der Waals surface area contributed by atoms with Crippen LogP contribution in [-0.2, 0) is 6.42 Å². The lowest BCUT2D eigenvalue weighted by molar-refractivity contribution is 0.0809. The van der Waals surface area contributed by atoms with Gasteiger partial charge in [0.25, 0.3) is 0 Å². The molecular weight excluding hydrogens is 273 g/mol. The van der Waals surface area contributed by atoms with Gasteiger partial charge in [0, 0.05) is 5.92 Å². The molecule has 0 aliphatic heterocycles. The molecule has 1 rings (SSSR count). The molecule has 19 heavy (non-hydrogen) atoms. The summed E-state index contributed by atoms with van der Waals surface area (Å²) in [4.78, 5) is 0. The molecule has 0 amide bonds. The van der Waals surface area contributed by atoms with Crippen LogP contribution in [0, 0.1) is 11.7 Å². The average molecular weight is 293 g/mol. The van der Waals surface area contributed by atoms with Gasteiger partial charge >= 0.3 is 0 Å². The minimum atomic E-state index is -2.27. The molecule has 108 valence electrons. The lowest BCUT2D eigenvalue weighted by Crippen LogP contribution is -2.07. The van der Waals surface area contributed by atoms with Gasteiger partial charge < -0.3 is 0 Å². The zero-order valence-electron chi connectivity index (χ0n) is 11.5. The van der Waals surface area contributed by atoms with Gasteiger partial charge in [0.1, 0.15) is 5.82 Å². The quantitative estimate of drug-likeness (QED) is 0.619. The maximum absolute atomic E-state index is 13.8. The Balaban J connectivity index is 2.69. The van der Waals surface area contributed by atoms with E-state index in [2.05, 4.69) is 0 Å². The fourth-order valence-electron chi connectivity index (χ4n) is 1.99. The Labute approximate surface area is 118 Å². The first kappa shape index (κ1) is 16.4. The van der Waals surface area contributed by atoms with E-state index in [4.69, 9.17) is 11.6 Å². The third-order valence-electron chi connectivity index (χ3n) is 3.29. The summed E-state index contributed by atoms with van der Waals surface area (Å²) in [5.74, 6) is -0.917. The van der Waals surface area contributed by atoms with Gasteiger partial charge in [-0.25, -0.2) is 13.2 Å². The third-order valence-corrected chi connectivity index (χ3v) is 3.57. The van der Waals surface area contributed by atoms with E-state index in [1.54, 1.807) is 19.1 Å². The smallest absolute Gasteiger partial charge is 0.210 e. The van der Waals surface area contributed by atoms with Gasteiger partial charge in [-0.1, -0.05) is 38.4 Å². The van der Waals surface area contributed by atoms with E-state index in [0.29, 0.717) is 24.8 Å². The van der Waals surface area contributed by atoms with Crippen LogP contribution in [0.2, 0.25) is 5.02 Å². The first-order chi connectivity index (χ1) is 8.82. The Bertz CT molecular complexity index is 416. The number of alkyl halides is 2. The second kappa shape index (κ2) is 7.18. The maximum Gasteiger partial charge on any atom is 0.241 e. The highest BCUT2D eigenvalue weighted by molar-refractivity contribution is 6.30. The zero-order chi connectivity index (χ0) is 14.6. The van der Waals surface area contributed by atoms with Crippen molar-refractivity contribution in [2.45, 2.75) is 52.4 Å². The Morgan fingerprint density at radius 2 is 1.79 bits per heavy atom. The molecule has 0 aliphatic rings. The van der Waals surface area contributed by atoms with Gasteiger partial charge in [-0.3, -0.25) is 0 Å². The highest BCUT2D eigenvalue weighted by Crippen LogP contribution is 2.27. The molecule has 0 aromatic heterocycles. The highest BCUT2D eigenvalue weighted by atomic mass is 35.5. The van der Waals surface area contributed by atoms with Crippen molar-refractivity contribution in [3.8, 4) is 0 Å². The molecule has 0 radical (unpaired) electrons. The predicted molar refractivity (Wildman–Crippen MR) is 73.6 cm³/mol. The Hall–Kier alpha value is -0.700. The Kier molecular flexibility index (Phi) is 6.18. The fourth-order valence-corrected chi connectivity index (χ4v) is 2.24. The molecule has 0 spiro atoms. The molecule has 1 aromatic rings. The molecule has 0 saturated heterocycles. The summed E-state index contributed by atoms with van der Waals surface area (Å²) in [6.07, 6.45) is -0.506. The SMILES string of the molecule is CC(C)c1cc(CCC[C@@H](C)C(F)F)cc(Cl)c1F. The average Bonchev–Trinajstić information content (AvgIpc) is 2.32. The lowest BCUT2D eigenvalue weighted by atomic mass is 9.96. The molecule has 0 unspecified atom stereocenters. The molecular formula is C15H20ClF3. The summed E-state index contributed by atoms with van der Waals surface area (Å²) in [6.45, 7) is 5.34. The highest BCUT2D eigenvalue weighted by Gasteiger charge is 2.15. The predicted octanol–water partition coefficient (Wildman–Crippen LogP) is 5.83. The number of hydrogen-bond donors (Lipinski definition) is 0. The molecule has 0 N–H and O–H groups in total. The molecule has 1 atom stereocenters. The lowest BCUT2D eigenvalue weighted by Gasteiger charge is -2.13. The van der Waals surface area contributed by atoms with E-state index in [1.165, 1.54) is 0 Å². The van der Waals surface area contributed by atoms with Crippen LogP contribution in [-0.4, -0.2) is 6.43 Å². The molecule has 4 heteroatoms. The van der Waals surface area contributed by atoms with E-state index in [-0.39, 0.29) is 16.8 Å². The van der Waals surface area contributed by atoms with Crippen LogP contribution in [0.4, 0.5) is 13.2 Å². The van der Waals surface area contributed by atoms with E-state index < -0.39 is 12.3 Å². The first-order valence-corrected chi connectivity index (χ1v) is 6.96. The first-order valence-electron chi connectivity index (χ1n) is 6.58. The molecule has 0 fully saturated rings. The van der Waals surface area contributed by atoms with Crippen LogP contribution in [0.15, 0.2) is 12.1 Å². The topological polar surface area (TPSA) is 0 Å². The normalized spacial score (nSPS) is 13.3. The van der Waals surface area contributed by atoms with Crippen LogP contribution < -0.4 is 0 Å². The van der Waals surface area contributed by atoms with Crippen LogP contribution in [0.1, 0.15) is 50.7 Å². The van der Waals surface area contributed by atoms with Gasteiger partial charge in [-0.05, 0) is 42.4 Å². The van der Waals surface area contributed by atoms with Gasteiger partial charge in [-0.2, -0.15) is 0 Å². The molecule has 0 aliphatic carbocycles. The number of hydrogen-bond acceptors (Lipinski definition) is 0. The summed E-state index contributed by atoms with van der Waals surface area (Å²) in [6, 6.07) is 3.38. The monoisotopic (exact) mass is 292 g/mol. The Morgan fingerprint density at radius 1 is 1.16 bits per heavy atom. The van der Waals surface area contributed by atoms with Crippen LogP contribution >= 0.6 is 11.6 Å². The number of rotatable bonds is 6. The van der Waals surface area contributed by atoms with Crippen LogP contribution in [0.3, 0.4) is 0 Å². The molecule has 1 aromatic carbocycles. The summed E-state index contributed by atoms with van der Waals surface area (Å²) in [5, 5.41) is 0.114. The minimum Gasteiger partial charge on any atom is -0.210 e. The van der Waals surface area contributed by atoms with Crippen molar-refractivity contribution in [3.05, 3.63) is 34.1 Å². The molecule has 0 saturated carbocycles. The summed E-state index contributed by atoms with van der Waals surface area (Å²) < 4.78 is 38.5. The number of benzene rings is 1. The minimum absolute atomic E-state index is 0.0532. The van der Waals surface area contributed by atoms with Gasteiger partial charge in [0.2, 0.25) is 6.43 Å². The van der Waals surface area contributed by atoms with Gasteiger partial charge in [0.05, 0.1) is 5.02 Å². The molecule has 0 nitrogen and oxygen atoms in total. The molecule has 0 bridgehead atoms. The van der Waals surface area contributed by atoms with E-state index in [0.717, 1.165) is 5.56 Å². The Morgan fingerprint density at radius 3 is 2.32 bits per heavy atom. The third kappa shape index (κ3) is 4.72. The van der Waals surface area contributed by atoms with Gasteiger partial charge in [-0.15, -0.1) is 0 Å². The van der Waals surface area contributed by atoms with E-state index in [1.807, 2.05) is 13.8 Å². The zero-order valence-corrected chi connectivity index (χ0v) is 12.3. The maximum atomic E-state index is 13.8. The second-order valence-electron chi connectivity index (χ2n) is 5.34. The summed E-state index contributed by atoms with van der Waals surface area (Å²) in [7, 11) is 0. The van der Waals surface area contributed by atoms with Crippen LogP contribution in [0.25, 0.3) is 0 Å².